The summed E-state index contributed by atoms with van der Waals surface area (Å²) in [6.07, 6.45) is 0.420. The molecular formula is C13H21N3O3S. The maximum absolute atomic E-state index is 11.9. The third-order valence-corrected chi connectivity index (χ3v) is 4.62. The molecule has 0 aliphatic carbocycles. The minimum atomic E-state index is -3.40. The van der Waals surface area contributed by atoms with Crippen molar-refractivity contribution in [3.63, 3.8) is 0 Å². The molecule has 0 spiro atoms. The van der Waals surface area contributed by atoms with Gasteiger partial charge in [0.15, 0.2) is 0 Å². The van der Waals surface area contributed by atoms with Gasteiger partial charge in [0.1, 0.15) is 0 Å². The fourth-order valence-corrected chi connectivity index (χ4v) is 2.42. The molecule has 0 unspecified atom stereocenters. The lowest BCUT2D eigenvalue weighted by Gasteiger charge is -2.12. The molecule has 1 aromatic rings. The van der Waals surface area contributed by atoms with Crippen LogP contribution in [-0.2, 0) is 21.4 Å². The molecule has 0 radical (unpaired) electrons. The van der Waals surface area contributed by atoms with E-state index in [4.69, 9.17) is 0 Å². The highest BCUT2D eigenvalue weighted by Crippen LogP contribution is 2.13. The lowest BCUT2D eigenvalue weighted by atomic mass is 10.2. The monoisotopic (exact) mass is 299 g/mol. The maximum Gasteiger partial charge on any atom is 0.242 e. The molecule has 2 N–H and O–H groups in total. The standard InChI is InChI=1S/C13H21N3O3S/c1-14-9-8-13(17)15-10-11-4-6-12(7-5-11)20(18,19)16(2)3/h4-7,14H,8-10H2,1-3H3,(H,15,17). The van der Waals surface area contributed by atoms with Crippen LogP contribution >= 0.6 is 0 Å². The van der Waals surface area contributed by atoms with Gasteiger partial charge in [0.2, 0.25) is 15.9 Å². The third-order valence-electron chi connectivity index (χ3n) is 2.79. The molecule has 1 amide bonds. The van der Waals surface area contributed by atoms with E-state index in [-0.39, 0.29) is 10.8 Å². The first kappa shape index (κ1) is 16.6. The van der Waals surface area contributed by atoms with Crippen LogP contribution in [0.2, 0.25) is 0 Å². The molecule has 1 aromatic carbocycles. The topological polar surface area (TPSA) is 78.5 Å². The molecule has 0 atom stereocenters. The molecule has 6 nitrogen and oxygen atoms in total. The minimum absolute atomic E-state index is 0.0376. The third kappa shape index (κ3) is 4.59. The molecule has 0 aliphatic rings. The smallest absolute Gasteiger partial charge is 0.242 e. The van der Waals surface area contributed by atoms with E-state index in [1.165, 1.54) is 18.4 Å². The number of benzene rings is 1. The summed E-state index contributed by atoms with van der Waals surface area (Å²) >= 11 is 0. The van der Waals surface area contributed by atoms with Crippen LogP contribution in [0.25, 0.3) is 0 Å². The van der Waals surface area contributed by atoms with Crippen LogP contribution in [0.1, 0.15) is 12.0 Å². The zero-order valence-corrected chi connectivity index (χ0v) is 12.8. The van der Waals surface area contributed by atoms with E-state index in [9.17, 15) is 13.2 Å². The fraction of sp³-hybridized carbons (Fsp3) is 0.462. The Hall–Kier alpha value is -1.44. The normalized spacial score (nSPS) is 11.6. The van der Waals surface area contributed by atoms with Crippen LogP contribution in [0.4, 0.5) is 0 Å². The fourth-order valence-electron chi connectivity index (χ4n) is 1.52. The first-order chi connectivity index (χ1) is 9.37. The van der Waals surface area contributed by atoms with Crippen molar-refractivity contribution in [1.29, 1.82) is 0 Å². The SMILES string of the molecule is CNCCC(=O)NCc1ccc(S(=O)(=O)N(C)C)cc1. The second-order valence-corrected chi connectivity index (χ2v) is 6.71. The first-order valence-electron chi connectivity index (χ1n) is 6.30. The number of hydrogen-bond donors (Lipinski definition) is 2. The Bertz CT molecular complexity index is 538. The molecule has 0 aliphatic heterocycles. The average molecular weight is 299 g/mol. The summed E-state index contributed by atoms with van der Waals surface area (Å²) in [7, 11) is 1.37. The van der Waals surface area contributed by atoms with Crippen LogP contribution in [0, 0.1) is 0 Å². The molecule has 0 bridgehead atoms. The number of sulfonamides is 1. The summed E-state index contributed by atoms with van der Waals surface area (Å²) in [5.41, 5.74) is 0.862. The Morgan fingerprint density at radius 3 is 2.30 bits per heavy atom. The summed E-state index contributed by atoms with van der Waals surface area (Å²) in [5, 5.41) is 5.68. The summed E-state index contributed by atoms with van der Waals surface area (Å²) in [6, 6.07) is 6.50. The van der Waals surface area contributed by atoms with Crippen molar-refractivity contribution in [3.05, 3.63) is 29.8 Å². The van der Waals surface area contributed by atoms with Gasteiger partial charge in [-0.15, -0.1) is 0 Å². The van der Waals surface area contributed by atoms with Gasteiger partial charge in [-0.3, -0.25) is 4.79 Å². The van der Waals surface area contributed by atoms with Crippen LogP contribution < -0.4 is 10.6 Å². The highest BCUT2D eigenvalue weighted by atomic mass is 32.2. The van der Waals surface area contributed by atoms with Crippen molar-refractivity contribution in [2.24, 2.45) is 0 Å². The van der Waals surface area contributed by atoms with Crippen molar-refractivity contribution < 1.29 is 13.2 Å². The second-order valence-electron chi connectivity index (χ2n) is 4.56. The van der Waals surface area contributed by atoms with E-state index in [1.807, 2.05) is 0 Å². The van der Waals surface area contributed by atoms with E-state index in [0.717, 1.165) is 5.56 Å². The van der Waals surface area contributed by atoms with E-state index in [1.54, 1.807) is 31.3 Å². The van der Waals surface area contributed by atoms with Gasteiger partial charge >= 0.3 is 0 Å². The summed E-state index contributed by atoms with van der Waals surface area (Å²) in [4.78, 5) is 11.7. The summed E-state index contributed by atoms with van der Waals surface area (Å²) in [5.74, 6) is -0.0376. The zero-order chi connectivity index (χ0) is 15.2. The molecule has 0 saturated heterocycles. The van der Waals surface area contributed by atoms with Crippen molar-refractivity contribution in [1.82, 2.24) is 14.9 Å². The predicted molar refractivity (Wildman–Crippen MR) is 77.7 cm³/mol. The van der Waals surface area contributed by atoms with Gasteiger partial charge in [-0.2, -0.15) is 0 Å². The molecular weight excluding hydrogens is 278 g/mol. The minimum Gasteiger partial charge on any atom is -0.352 e. The number of rotatable bonds is 7. The average Bonchev–Trinajstić information content (AvgIpc) is 2.43. The quantitative estimate of drug-likeness (QED) is 0.752. The maximum atomic E-state index is 11.9. The van der Waals surface area contributed by atoms with Gasteiger partial charge in [0.25, 0.3) is 0 Å². The molecule has 112 valence electrons. The predicted octanol–water partition coefficient (Wildman–Crippen LogP) is 0.163. The highest BCUT2D eigenvalue weighted by Gasteiger charge is 2.16. The summed E-state index contributed by atoms with van der Waals surface area (Å²) < 4.78 is 24.9. The van der Waals surface area contributed by atoms with E-state index in [2.05, 4.69) is 10.6 Å². The van der Waals surface area contributed by atoms with Crippen molar-refractivity contribution >= 4 is 15.9 Å². The number of amides is 1. The van der Waals surface area contributed by atoms with Gasteiger partial charge in [-0.1, -0.05) is 12.1 Å². The van der Waals surface area contributed by atoms with Crippen molar-refractivity contribution in [2.45, 2.75) is 17.9 Å². The van der Waals surface area contributed by atoms with E-state index >= 15 is 0 Å². The Morgan fingerprint density at radius 2 is 1.80 bits per heavy atom. The Morgan fingerprint density at radius 1 is 1.20 bits per heavy atom. The van der Waals surface area contributed by atoms with E-state index < -0.39 is 10.0 Å². The van der Waals surface area contributed by atoms with E-state index in [0.29, 0.717) is 19.5 Å². The molecule has 7 heteroatoms. The largest absolute Gasteiger partial charge is 0.352 e. The van der Waals surface area contributed by atoms with Crippen LogP contribution in [0.3, 0.4) is 0 Å². The van der Waals surface area contributed by atoms with Gasteiger partial charge in [0, 0.05) is 33.6 Å². The number of carbonyl (C=O) groups is 1. The molecule has 20 heavy (non-hydrogen) atoms. The molecule has 0 aromatic heterocycles. The van der Waals surface area contributed by atoms with Crippen molar-refractivity contribution in [3.8, 4) is 0 Å². The zero-order valence-electron chi connectivity index (χ0n) is 12.0. The number of hydrogen-bond acceptors (Lipinski definition) is 4. The number of nitrogens with one attached hydrogen (secondary N) is 2. The highest BCUT2D eigenvalue weighted by molar-refractivity contribution is 7.89. The lowest BCUT2D eigenvalue weighted by molar-refractivity contribution is -0.121. The Labute approximate surface area is 120 Å². The van der Waals surface area contributed by atoms with Gasteiger partial charge in [-0.25, -0.2) is 12.7 Å². The van der Waals surface area contributed by atoms with Crippen molar-refractivity contribution in [2.75, 3.05) is 27.7 Å². The lowest BCUT2D eigenvalue weighted by Crippen LogP contribution is -2.26. The van der Waals surface area contributed by atoms with Crippen LogP contribution in [0.5, 0.6) is 0 Å². The van der Waals surface area contributed by atoms with Gasteiger partial charge < -0.3 is 10.6 Å². The Kier molecular flexibility index (Phi) is 6.12. The molecule has 0 fully saturated rings. The van der Waals surface area contributed by atoms with Gasteiger partial charge in [0.05, 0.1) is 4.90 Å². The molecule has 0 saturated carbocycles. The number of nitrogens with zero attached hydrogens (tertiary/aromatic N) is 1. The number of carbonyl (C=O) groups excluding carboxylic acids is 1. The van der Waals surface area contributed by atoms with Crippen LogP contribution in [0.15, 0.2) is 29.2 Å². The first-order valence-corrected chi connectivity index (χ1v) is 7.74. The van der Waals surface area contributed by atoms with Gasteiger partial charge in [-0.05, 0) is 24.7 Å². The second kappa shape index (κ2) is 7.37. The molecule has 0 heterocycles. The molecule has 1 rings (SSSR count). The van der Waals surface area contributed by atoms with Crippen LogP contribution in [-0.4, -0.2) is 46.3 Å². The Balaban J connectivity index is 2.62. The summed E-state index contributed by atoms with van der Waals surface area (Å²) in [6.45, 7) is 1.02.